The lowest BCUT2D eigenvalue weighted by molar-refractivity contribution is 0.0736. The first-order valence-corrected chi connectivity index (χ1v) is 8.01. The molecule has 7 nitrogen and oxygen atoms in total. The van der Waals surface area contributed by atoms with Crippen molar-refractivity contribution in [2.45, 2.75) is 18.9 Å². The van der Waals surface area contributed by atoms with Crippen molar-refractivity contribution in [3.8, 4) is 0 Å². The fourth-order valence-electron chi connectivity index (χ4n) is 3.29. The van der Waals surface area contributed by atoms with Gasteiger partial charge in [-0.3, -0.25) is 4.79 Å². The quantitative estimate of drug-likeness (QED) is 0.773. The van der Waals surface area contributed by atoms with Crippen molar-refractivity contribution in [3.63, 3.8) is 0 Å². The molecule has 0 saturated carbocycles. The van der Waals surface area contributed by atoms with E-state index in [0.29, 0.717) is 11.1 Å². The lowest BCUT2D eigenvalue weighted by Crippen LogP contribution is -2.30. The fraction of sp³-hybridized carbons (Fsp3) is 0.294. The molecule has 0 radical (unpaired) electrons. The molecule has 3 heterocycles. The van der Waals surface area contributed by atoms with E-state index < -0.39 is 0 Å². The third kappa shape index (κ3) is 2.47. The van der Waals surface area contributed by atoms with Gasteiger partial charge in [-0.05, 0) is 48.7 Å². The van der Waals surface area contributed by atoms with Gasteiger partial charge in [0.05, 0.1) is 6.04 Å². The van der Waals surface area contributed by atoms with Crippen LogP contribution in [-0.2, 0) is 0 Å². The van der Waals surface area contributed by atoms with Crippen LogP contribution in [0.1, 0.15) is 34.8 Å². The molecule has 0 bridgehead atoms. The molecule has 4 rings (SSSR count). The Morgan fingerprint density at radius 1 is 1.25 bits per heavy atom. The van der Waals surface area contributed by atoms with E-state index in [1.807, 2.05) is 36.2 Å². The maximum Gasteiger partial charge on any atom is 0.254 e. The number of pyridine rings is 1. The van der Waals surface area contributed by atoms with E-state index in [4.69, 9.17) is 0 Å². The van der Waals surface area contributed by atoms with Crippen LogP contribution in [0.4, 0.5) is 5.82 Å². The van der Waals surface area contributed by atoms with Crippen molar-refractivity contribution in [3.05, 3.63) is 47.7 Å². The summed E-state index contributed by atoms with van der Waals surface area (Å²) < 4.78 is 0. The number of anilines is 1. The Balaban J connectivity index is 1.64. The summed E-state index contributed by atoms with van der Waals surface area (Å²) in [4.78, 5) is 19.2. The number of nitrogens with one attached hydrogen (secondary N) is 2. The highest BCUT2D eigenvalue weighted by Crippen LogP contribution is 2.33. The van der Waals surface area contributed by atoms with Crippen LogP contribution in [0.2, 0.25) is 0 Å². The minimum absolute atomic E-state index is 0.0326. The molecule has 1 amide bonds. The second kappa shape index (κ2) is 5.92. The van der Waals surface area contributed by atoms with Crippen LogP contribution in [-0.4, -0.2) is 44.8 Å². The molecule has 2 N–H and O–H groups in total. The van der Waals surface area contributed by atoms with Gasteiger partial charge in [-0.2, -0.15) is 15.4 Å². The van der Waals surface area contributed by atoms with Crippen LogP contribution >= 0.6 is 0 Å². The summed E-state index contributed by atoms with van der Waals surface area (Å²) in [5, 5.41) is 13.7. The molecule has 0 spiro atoms. The first kappa shape index (κ1) is 14.6. The predicted molar refractivity (Wildman–Crippen MR) is 90.7 cm³/mol. The van der Waals surface area contributed by atoms with Crippen LogP contribution in [0.5, 0.6) is 0 Å². The molecule has 0 unspecified atom stereocenters. The zero-order valence-electron chi connectivity index (χ0n) is 13.4. The average molecular weight is 322 g/mol. The van der Waals surface area contributed by atoms with Crippen LogP contribution in [0.15, 0.2) is 36.5 Å². The highest BCUT2D eigenvalue weighted by Gasteiger charge is 2.31. The summed E-state index contributed by atoms with van der Waals surface area (Å²) >= 11 is 0. The van der Waals surface area contributed by atoms with Gasteiger partial charge in [0.1, 0.15) is 16.9 Å². The van der Waals surface area contributed by atoms with E-state index >= 15 is 0 Å². The van der Waals surface area contributed by atoms with E-state index in [0.717, 1.165) is 36.3 Å². The Bertz CT molecular complexity index is 889. The maximum atomic E-state index is 13.0. The number of benzene rings is 1. The lowest BCUT2D eigenvalue weighted by atomic mass is 10.0. The summed E-state index contributed by atoms with van der Waals surface area (Å²) in [6.07, 6.45) is 3.74. The van der Waals surface area contributed by atoms with E-state index in [1.54, 1.807) is 12.3 Å². The van der Waals surface area contributed by atoms with Crippen LogP contribution in [0.25, 0.3) is 11.0 Å². The highest BCUT2D eigenvalue weighted by atomic mass is 16.2. The number of hydrogen-bond donors (Lipinski definition) is 2. The van der Waals surface area contributed by atoms with Crippen molar-refractivity contribution in [1.29, 1.82) is 0 Å². The van der Waals surface area contributed by atoms with Gasteiger partial charge in [-0.15, -0.1) is 0 Å². The zero-order chi connectivity index (χ0) is 16.5. The number of hydrogen-bond acceptors (Lipinski definition) is 5. The molecule has 122 valence electrons. The average Bonchev–Trinajstić information content (AvgIpc) is 3.29. The highest BCUT2D eigenvalue weighted by molar-refractivity contribution is 5.97. The normalized spacial score (nSPS) is 17.4. The Morgan fingerprint density at radius 2 is 2.12 bits per heavy atom. The monoisotopic (exact) mass is 322 g/mol. The summed E-state index contributed by atoms with van der Waals surface area (Å²) in [6, 6.07) is 9.51. The fourth-order valence-corrected chi connectivity index (χ4v) is 3.29. The van der Waals surface area contributed by atoms with Gasteiger partial charge < -0.3 is 10.2 Å². The van der Waals surface area contributed by atoms with E-state index in [2.05, 4.69) is 25.7 Å². The number of aromatic nitrogens is 4. The van der Waals surface area contributed by atoms with Gasteiger partial charge in [0.25, 0.3) is 5.91 Å². The number of carbonyl (C=O) groups excluding carboxylic acids is 1. The largest absolute Gasteiger partial charge is 0.373 e. The number of carbonyl (C=O) groups is 1. The maximum absolute atomic E-state index is 13.0. The molecule has 7 heteroatoms. The summed E-state index contributed by atoms with van der Waals surface area (Å²) in [7, 11) is 1.84. The topological polar surface area (TPSA) is 86.8 Å². The second-order valence-corrected chi connectivity index (χ2v) is 5.91. The molecule has 1 aliphatic rings. The van der Waals surface area contributed by atoms with Crippen molar-refractivity contribution >= 4 is 22.8 Å². The summed E-state index contributed by atoms with van der Waals surface area (Å²) in [6.45, 7) is 0.761. The predicted octanol–water partition coefficient (Wildman–Crippen LogP) is 2.37. The minimum Gasteiger partial charge on any atom is -0.373 e. The molecule has 1 aliphatic heterocycles. The summed E-state index contributed by atoms with van der Waals surface area (Å²) in [5.74, 6) is 0.848. The van der Waals surface area contributed by atoms with E-state index in [9.17, 15) is 4.79 Å². The Labute approximate surface area is 139 Å². The first-order valence-electron chi connectivity index (χ1n) is 8.01. The van der Waals surface area contributed by atoms with Crippen LogP contribution < -0.4 is 5.32 Å². The number of likely N-dealkylation sites (tertiary alicyclic amines) is 1. The van der Waals surface area contributed by atoms with Crippen molar-refractivity contribution in [2.24, 2.45) is 0 Å². The van der Waals surface area contributed by atoms with Gasteiger partial charge in [-0.1, -0.05) is 0 Å². The molecule has 2 aromatic heterocycles. The zero-order valence-corrected chi connectivity index (χ0v) is 13.4. The molecule has 0 aliphatic carbocycles. The summed E-state index contributed by atoms with van der Waals surface area (Å²) in [5.41, 5.74) is 3.23. The molecule has 3 aromatic rings. The van der Waals surface area contributed by atoms with E-state index in [-0.39, 0.29) is 11.9 Å². The smallest absolute Gasteiger partial charge is 0.254 e. The second-order valence-electron chi connectivity index (χ2n) is 5.91. The molecule has 1 aromatic carbocycles. The number of amides is 1. The molecule has 1 saturated heterocycles. The number of fused-ring (bicyclic) bond motifs is 1. The Kier molecular flexibility index (Phi) is 3.60. The number of H-pyrrole nitrogens is 1. The number of aromatic amines is 1. The standard InChI is InChI=1S/C17H18N6O/c1-18-16-10-11(6-7-19-16)15-3-2-8-23(15)17(24)12-4-5-13-14(9-12)21-22-20-13/h4-7,9-10,15H,2-3,8H2,1H3,(H,18,19)(H,20,21,22)/t15-/m1/s1. The first-order chi connectivity index (χ1) is 11.8. The van der Waals surface area contributed by atoms with Crippen molar-refractivity contribution < 1.29 is 4.79 Å². The van der Waals surface area contributed by atoms with Gasteiger partial charge >= 0.3 is 0 Å². The van der Waals surface area contributed by atoms with Crippen LogP contribution in [0, 0.1) is 0 Å². The Hall–Kier alpha value is -2.96. The van der Waals surface area contributed by atoms with Crippen LogP contribution in [0.3, 0.4) is 0 Å². The van der Waals surface area contributed by atoms with Gasteiger partial charge in [0.2, 0.25) is 0 Å². The molecule has 1 fully saturated rings. The lowest BCUT2D eigenvalue weighted by Gasteiger charge is -2.25. The molecule has 24 heavy (non-hydrogen) atoms. The SMILES string of the molecule is CNc1cc([C@H]2CCCN2C(=O)c2ccc3n[nH]nc3c2)ccn1. The molecule has 1 atom stereocenters. The van der Waals surface area contributed by atoms with Gasteiger partial charge in [0, 0.05) is 25.4 Å². The number of rotatable bonds is 3. The molecular formula is C17H18N6O. The minimum atomic E-state index is 0.0326. The number of nitrogens with zero attached hydrogens (tertiary/aromatic N) is 4. The molecular weight excluding hydrogens is 304 g/mol. The van der Waals surface area contributed by atoms with Crippen molar-refractivity contribution in [1.82, 2.24) is 25.3 Å². The van der Waals surface area contributed by atoms with Gasteiger partial charge in [0.15, 0.2) is 0 Å². The third-order valence-electron chi connectivity index (χ3n) is 4.50. The van der Waals surface area contributed by atoms with E-state index in [1.165, 1.54) is 0 Å². The van der Waals surface area contributed by atoms with Gasteiger partial charge in [-0.25, -0.2) is 4.98 Å². The Morgan fingerprint density at radius 3 is 3.00 bits per heavy atom. The van der Waals surface area contributed by atoms with Crippen molar-refractivity contribution in [2.75, 3.05) is 18.9 Å². The third-order valence-corrected chi connectivity index (χ3v) is 4.50.